The molecule has 0 heterocycles. The molecule has 2 rings (SSSR count). The highest BCUT2D eigenvalue weighted by atomic mass is 35.5. The van der Waals surface area contributed by atoms with Crippen molar-refractivity contribution in [2.75, 3.05) is 19.7 Å². The summed E-state index contributed by atoms with van der Waals surface area (Å²) in [6, 6.07) is 12.9. The van der Waals surface area contributed by atoms with E-state index in [0.29, 0.717) is 5.75 Å². The van der Waals surface area contributed by atoms with E-state index in [1.165, 1.54) is 12.1 Å². The maximum absolute atomic E-state index is 13.6. The van der Waals surface area contributed by atoms with Crippen LogP contribution < -0.4 is 15.4 Å². The van der Waals surface area contributed by atoms with Crippen LogP contribution in [0.25, 0.3) is 0 Å². The molecule has 0 aliphatic heterocycles. The standard InChI is InChI=1S/C17H16ClFN2O3/c18-13-7-4-8-14(19)16(13)17(23)21-10-9-20-15(22)11-24-12-5-2-1-3-6-12/h1-8H,9-11H2,(H,20,22)(H,21,23). The number of benzene rings is 2. The van der Waals surface area contributed by atoms with Gasteiger partial charge in [0.05, 0.1) is 10.6 Å². The molecular formula is C17H16ClFN2O3. The molecule has 2 aromatic rings. The molecule has 0 radical (unpaired) electrons. The highest BCUT2D eigenvalue weighted by Gasteiger charge is 2.15. The summed E-state index contributed by atoms with van der Waals surface area (Å²) in [5.74, 6) is -1.06. The summed E-state index contributed by atoms with van der Waals surface area (Å²) in [5, 5.41) is 5.11. The molecule has 0 atom stereocenters. The topological polar surface area (TPSA) is 67.4 Å². The van der Waals surface area contributed by atoms with Crippen LogP contribution in [-0.2, 0) is 4.79 Å². The minimum Gasteiger partial charge on any atom is -0.484 e. The van der Waals surface area contributed by atoms with Gasteiger partial charge in [-0.2, -0.15) is 0 Å². The fourth-order valence-electron chi connectivity index (χ4n) is 1.90. The van der Waals surface area contributed by atoms with Crippen LogP contribution in [0.1, 0.15) is 10.4 Å². The molecule has 0 aliphatic carbocycles. The minimum atomic E-state index is -0.694. The van der Waals surface area contributed by atoms with Crippen LogP contribution in [0, 0.1) is 5.82 Å². The van der Waals surface area contributed by atoms with E-state index in [0.717, 1.165) is 6.07 Å². The first kappa shape index (κ1) is 17.7. The van der Waals surface area contributed by atoms with Crippen LogP contribution in [0.2, 0.25) is 5.02 Å². The van der Waals surface area contributed by atoms with Gasteiger partial charge in [-0.1, -0.05) is 35.9 Å². The third-order valence-electron chi connectivity index (χ3n) is 3.04. The lowest BCUT2D eigenvalue weighted by Crippen LogP contribution is -2.37. The summed E-state index contributed by atoms with van der Waals surface area (Å²) in [6.07, 6.45) is 0. The molecule has 0 unspecified atom stereocenters. The van der Waals surface area contributed by atoms with E-state index in [4.69, 9.17) is 16.3 Å². The van der Waals surface area contributed by atoms with Crippen LogP contribution in [0.3, 0.4) is 0 Å². The van der Waals surface area contributed by atoms with Gasteiger partial charge in [-0.3, -0.25) is 9.59 Å². The molecule has 0 saturated carbocycles. The molecule has 2 amide bonds. The summed E-state index contributed by atoms with van der Waals surface area (Å²) in [5.41, 5.74) is -0.210. The average Bonchev–Trinajstić information content (AvgIpc) is 2.57. The van der Waals surface area contributed by atoms with E-state index in [1.54, 1.807) is 24.3 Å². The number of halogens is 2. The van der Waals surface area contributed by atoms with Gasteiger partial charge in [0.15, 0.2) is 6.61 Å². The van der Waals surface area contributed by atoms with Crippen molar-refractivity contribution >= 4 is 23.4 Å². The highest BCUT2D eigenvalue weighted by molar-refractivity contribution is 6.33. The fourth-order valence-corrected chi connectivity index (χ4v) is 2.15. The maximum Gasteiger partial charge on any atom is 0.258 e. The Kier molecular flexibility index (Phi) is 6.57. The number of amides is 2. The van der Waals surface area contributed by atoms with E-state index in [2.05, 4.69) is 10.6 Å². The number of carbonyl (C=O) groups excluding carboxylic acids is 2. The van der Waals surface area contributed by atoms with Gasteiger partial charge in [0.2, 0.25) is 0 Å². The van der Waals surface area contributed by atoms with Gasteiger partial charge >= 0.3 is 0 Å². The minimum absolute atomic E-state index is 0.0350. The Morgan fingerprint density at radius 3 is 2.42 bits per heavy atom. The lowest BCUT2D eigenvalue weighted by molar-refractivity contribution is -0.123. The molecule has 2 aromatic carbocycles. The molecule has 0 fully saturated rings. The summed E-state index contributed by atoms with van der Waals surface area (Å²) in [6.45, 7) is 0.201. The predicted octanol–water partition coefficient (Wildman–Crippen LogP) is 2.40. The molecule has 0 spiro atoms. The van der Waals surface area contributed by atoms with Crippen molar-refractivity contribution in [2.24, 2.45) is 0 Å². The number of carbonyl (C=O) groups is 2. The second-order valence-corrected chi connectivity index (χ2v) is 5.21. The van der Waals surface area contributed by atoms with Gasteiger partial charge in [0.1, 0.15) is 11.6 Å². The number of hydrogen-bond acceptors (Lipinski definition) is 3. The van der Waals surface area contributed by atoms with E-state index in [-0.39, 0.29) is 36.2 Å². The zero-order chi connectivity index (χ0) is 17.4. The quantitative estimate of drug-likeness (QED) is 0.753. The van der Waals surface area contributed by atoms with Crippen LogP contribution in [0.5, 0.6) is 5.75 Å². The molecule has 0 saturated heterocycles. The van der Waals surface area contributed by atoms with Gasteiger partial charge in [-0.05, 0) is 24.3 Å². The molecule has 0 aliphatic rings. The number of para-hydroxylation sites is 1. The lowest BCUT2D eigenvalue weighted by Gasteiger charge is -2.09. The van der Waals surface area contributed by atoms with Gasteiger partial charge in [-0.25, -0.2) is 4.39 Å². The van der Waals surface area contributed by atoms with Crippen molar-refractivity contribution in [3.05, 3.63) is 64.9 Å². The first-order valence-electron chi connectivity index (χ1n) is 7.24. The van der Waals surface area contributed by atoms with Crippen LogP contribution in [0.15, 0.2) is 48.5 Å². The zero-order valence-electron chi connectivity index (χ0n) is 12.7. The number of rotatable bonds is 7. The maximum atomic E-state index is 13.6. The second kappa shape index (κ2) is 8.88. The third kappa shape index (κ3) is 5.24. The van der Waals surface area contributed by atoms with E-state index < -0.39 is 11.7 Å². The molecule has 126 valence electrons. The monoisotopic (exact) mass is 350 g/mol. The largest absolute Gasteiger partial charge is 0.484 e. The van der Waals surface area contributed by atoms with E-state index >= 15 is 0 Å². The number of ether oxygens (including phenoxy) is 1. The Labute approximate surface area is 143 Å². The molecule has 5 nitrogen and oxygen atoms in total. The van der Waals surface area contributed by atoms with Crippen LogP contribution >= 0.6 is 11.6 Å². The molecular weight excluding hydrogens is 335 g/mol. The molecule has 0 bridgehead atoms. The SMILES string of the molecule is O=C(COc1ccccc1)NCCNC(=O)c1c(F)cccc1Cl. The van der Waals surface area contributed by atoms with Crippen molar-refractivity contribution < 1.29 is 18.7 Å². The Bertz CT molecular complexity index is 690. The first-order valence-corrected chi connectivity index (χ1v) is 7.62. The third-order valence-corrected chi connectivity index (χ3v) is 3.35. The Morgan fingerprint density at radius 2 is 1.71 bits per heavy atom. The van der Waals surface area contributed by atoms with Gasteiger partial charge in [0.25, 0.3) is 11.8 Å². The van der Waals surface area contributed by atoms with Crippen LogP contribution in [0.4, 0.5) is 4.39 Å². The molecule has 24 heavy (non-hydrogen) atoms. The zero-order valence-corrected chi connectivity index (χ0v) is 13.5. The van der Waals surface area contributed by atoms with Gasteiger partial charge < -0.3 is 15.4 Å². The smallest absolute Gasteiger partial charge is 0.258 e. The normalized spacial score (nSPS) is 10.1. The molecule has 7 heteroatoms. The van der Waals surface area contributed by atoms with Crippen molar-refractivity contribution in [3.63, 3.8) is 0 Å². The average molecular weight is 351 g/mol. The molecule has 0 aromatic heterocycles. The summed E-state index contributed by atoms with van der Waals surface area (Å²) in [7, 11) is 0. The Balaban J connectivity index is 1.69. The van der Waals surface area contributed by atoms with E-state index in [9.17, 15) is 14.0 Å². The Morgan fingerprint density at radius 1 is 1.00 bits per heavy atom. The number of nitrogens with one attached hydrogen (secondary N) is 2. The van der Waals surface area contributed by atoms with Gasteiger partial charge in [-0.15, -0.1) is 0 Å². The van der Waals surface area contributed by atoms with Crippen molar-refractivity contribution in [3.8, 4) is 5.75 Å². The van der Waals surface area contributed by atoms with E-state index in [1.807, 2.05) is 6.07 Å². The lowest BCUT2D eigenvalue weighted by atomic mass is 10.2. The molecule has 2 N–H and O–H groups in total. The van der Waals surface area contributed by atoms with Crippen molar-refractivity contribution in [1.29, 1.82) is 0 Å². The van der Waals surface area contributed by atoms with Gasteiger partial charge in [0, 0.05) is 13.1 Å². The first-order chi connectivity index (χ1) is 11.6. The second-order valence-electron chi connectivity index (χ2n) is 4.80. The number of hydrogen-bond donors (Lipinski definition) is 2. The Hall–Kier alpha value is -2.60. The summed E-state index contributed by atoms with van der Waals surface area (Å²) < 4.78 is 18.8. The summed E-state index contributed by atoms with van der Waals surface area (Å²) >= 11 is 5.80. The predicted molar refractivity (Wildman–Crippen MR) is 88.7 cm³/mol. The van der Waals surface area contributed by atoms with Crippen molar-refractivity contribution in [2.45, 2.75) is 0 Å². The van der Waals surface area contributed by atoms with Crippen LogP contribution in [-0.4, -0.2) is 31.5 Å². The summed E-state index contributed by atoms with van der Waals surface area (Å²) in [4.78, 5) is 23.5. The van der Waals surface area contributed by atoms with Crippen molar-refractivity contribution in [1.82, 2.24) is 10.6 Å². The fraction of sp³-hybridized carbons (Fsp3) is 0.176. The highest BCUT2D eigenvalue weighted by Crippen LogP contribution is 2.18.